The van der Waals surface area contributed by atoms with E-state index in [1.807, 2.05) is 37.4 Å². The normalized spacial score (nSPS) is 15.0. The van der Waals surface area contributed by atoms with Gasteiger partial charge in [0, 0.05) is 58.1 Å². The molecule has 1 aliphatic rings. The van der Waals surface area contributed by atoms with Crippen LogP contribution in [0.1, 0.15) is 31.9 Å². The van der Waals surface area contributed by atoms with Gasteiger partial charge in [-0.05, 0) is 50.5 Å². The number of anilines is 1. The summed E-state index contributed by atoms with van der Waals surface area (Å²) in [6.45, 7) is 7.06. The fourth-order valence-electron chi connectivity index (χ4n) is 3.40. The van der Waals surface area contributed by atoms with Gasteiger partial charge in [0.05, 0.1) is 6.26 Å². The maximum atomic E-state index is 5.42. The second kappa shape index (κ2) is 14.2. The smallest absolute Gasteiger partial charge is 0.191 e. The van der Waals surface area contributed by atoms with Crippen molar-refractivity contribution in [1.82, 2.24) is 15.6 Å². The Bertz CT molecular complexity index is 704. The van der Waals surface area contributed by atoms with Crippen molar-refractivity contribution >= 4 is 35.8 Å². The average molecular weight is 527 g/mol. The highest BCUT2D eigenvalue weighted by Crippen LogP contribution is 2.17. The Morgan fingerprint density at radius 1 is 1.27 bits per heavy atom. The first kappa shape index (κ1) is 24.5. The Balaban J connectivity index is 0.00000320. The quantitative estimate of drug-likeness (QED) is 0.214. The predicted octanol–water partition coefficient (Wildman–Crippen LogP) is 3.47. The summed E-state index contributed by atoms with van der Waals surface area (Å²) in [5, 5.41) is 7.07. The molecular formula is C22H34IN5O2. The fourth-order valence-corrected chi connectivity index (χ4v) is 3.40. The minimum atomic E-state index is 0. The Labute approximate surface area is 196 Å². The number of hydrogen-bond acceptors (Lipinski definition) is 5. The van der Waals surface area contributed by atoms with Crippen molar-refractivity contribution in [3.05, 3.63) is 48.6 Å². The Morgan fingerprint density at radius 2 is 2.13 bits per heavy atom. The molecule has 3 heterocycles. The van der Waals surface area contributed by atoms with Crippen molar-refractivity contribution in [1.29, 1.82) is 0 Å². The molecule has 7 nitrogen and oxygen atoms in total. The molecule has 166 valence electrons. The highest BCUT2D eigenvalue weighted by atomic mass is 127. The molecule has 30 heavy (non-hydrogen) atoms. The van der Waals surface area contributed by atoms with Crippen molar-refractivity contribution < 1.29 is 9.15 Å². The number of nitrogens with zero attached hydrogens (tertiary/aromatic N) is 3. The largest absolute Gasteiger partial charge is 0.469 e. The van der Waals surface area contributed by atoms with Gasteiger partial charge in [-0.3, -0.25) is 4.99 Å². The first-order valence-electron chi connectivity index (χ1n) is 10.7. The molecule has 2 N–H and O–H groups in total. The highest BCUT2D eigenvalue weighted by molar-refractivity contribution is 14.0. The van der Waals surface area contributed by atoms with Crippen LogP contribution in [0.2, 0.25) is 0 Å². The number of rotatable bonds is 10. The van der Waals surface area contributed by atoms with Gasteiger partial charge in [-0.15, -0.1) is 24.0 Å². The molecule has 2 aromatic rings. The zero-order chi connectivity index (χ0) is 20.2. The molecule has 0 aliphatic carbocycles. The summed E-state index contributed by atoms with van der Waals surface area (Å²) in [7, 11) is 0. The van der Waals surface area contributed by atoms with Crippen LogP contribution in [-0.4, -0.2) is 56.4 Å². The van der Waals surface area contributed by atoms with E-state index in [1.54, 1.807) is 6.26 Å². The number of hydrogen-bond donors (Lipinski definition) is 2. The number of aromatic nitrogens is 1. The van der Waals surface area contributed by atoms with E-state index < -0.39 is 0 Å². The molecule has 0 saturated carbocycles. The molecule has 0 atom stereocenters. The molecule has 0 bridgehead atoms. The van der Waals surface area contributed by atoms with E-state index in [9.17, 15) is 0 Å². The third kappa shape index (κ3) is 8.51. The molecule has 3 rings (SSSR count). The van der Waals surface area contributed by atoms with Gasteiger partial charge < -0.3 is 24.7 Å². The summed E-state index contributed by atoms with van der Waals surface area (Å²) in [4.78, 5) is 11.6. The van der Waals surface area contributed by atoms with Gasteiger partial charge in [-0.1, -0.05) is 6.07 Å². The number of ether oxygens (including phenoxy) is 1. The van der Waals surface area contributed by atoms with Gasteiger partial charge in [-0.25, -0.2) is 4.98 Å². The number of guanidine groups is 1. The lowest BCUT2D eigenvalue weighted by Gasteiger charge is -2.33. The van der Waals surface area contributed by atoms with Gasteiger partial charge in [0.2, 0.25) is 0 Å². The van der Waals surface area contributed by atoms with Gasteiger partial charge in [0.1, 0.15) is 11.6 Å². The van der Waals surface area contributed by atoms with Gasteiger partial charge >= 0.3 is 0 Å². The Morgan fingerprint density at radius 3 is 2.83 bits per heavy atom. The van der Waals surface area contributed by atoms with Crippen LogP contribution >= 0.6 is 24.0 Å². The van der Waals surface area contributed by atoms with Crippen LogP contribution in [0, 0.1) is 0 Å². The van der Waals surface area contributed by atoms with Crippen molar-refractivity contribution in [3.8, 4) is 0 Å². The third-order valence-corrected chi connectivity index (χ3v) is 4.97. The highest BCUT2D eigenvalue weighted by Gasteiger charge is 2.20. The van der Waals surface area contributed by atoms with Crippen LogP contribution in [0.4, 0.5) is 5.82 Å². The molecule has 1 aliphatic heterocycles. The molecule has 0 spiro atoms. The van der Waals surface area contributed by atoms with Crippen molar-refractivity contribution in [2.24, 2.45) is 4.99 Å². The summed E-state index contributed by atoms with van der Waals surface area (Å²) in [6.07, 6.45) is 7.46. The SMILES string of the molecule is CCOCCCN=C(NCCc1ccco1)NC1CCN(c2ccccn2)CC1.I. The minimum absolute atomic E-state index is 0. The van der Waals surface area contributed by atoms with Crippen LogP contribution in [0.5, 0.6) is 0 Å². The molecule has 2 aromatic heterocycles. The lowest BCUT2D eigenvalue weighted by atomic mass is 10.1. The minimum Gasteiger partial charge on any atom is -0.469 e. The molecule has 0 unspecified atom stereocenters. The van der Waals surface area contributed by atoms with E-state index in [4.69, 9.17) is 14.1 Å². The summed E-state index contributed by atoms with van der Waals surface area (Å²) in [6, 6.07) is 10.4. The molecule has 8 heteroatoms. The van der Waals surface area contributed by atoms with Crippen molar-refractivity contribution in [2.75, 3.05) is 44.3 Å². The van der Waals surface area contributed by atoms with E-state index in [2.05, 4.69) is 26.6 Å². The number of piperidine rings is 1. The molecule has 1 fully saturated rings. The number of halogens is 1. The van der Waals surface area contributed by atoms with Crippen molar-refractivity contribution in [3.63, 3.8) is 0 Å². The lowest BCUT2D eigenvalue weighted by Crippen LogP contribution is -2.49. The summed E-state index contributed by atoms with van der Waals surface area (Å²) in [5.74, 6) is 2.92. The van der Waals surface area contributed by atoms with E-state index in [0.29, 0.717) is 6.04 Å². The number of aliphatic imine (C=N–C) groups is 1. The Hall–Kier alpha value is -1.81. The van der Waals surface area contributed by atoms with E-state index in [1.165, 1.54) is 0 Å². The number of nitrogens with one attached hydrogen (secondary N) is 2. The average Bonchev–Trinajstić information content (AvgIpc) is 3.28. The molecule has 0 radical (unpaired) electrons. The second-order valence-electron chi connectivity index (χ2n) is 7.13. The fraction of sp³-hybridized carbons (Fsp3) is 0.545. The van der Waals surface area contributed by atoms with E-state index in [0.717, 1.165) is 82.6 Å². The lowest BCUT2D eigenvalue weighted by molar-refractivity contribution is 0.146. The van der Waals surface area contributed by atoms with Crippen LogP contribution in [0.25, 0.3) is 0 Å². The standard InChI is InChI=1S/C22H33N5O2.HI/c1-2-28-17-6-13-24-22(25-14-9-20-7-5-18-29-20)26-19-10-15-27(16-11-19)21-8-3-4-12-23-21;/h3-5,7-8,12,18-19H,2,6,9-11,13-17H2,1H3,(H2,24,25,26);1H. The van der Waals surface area contributed by atoms with Crippen LogP contribution in [0.15, 0.2) is 52.2 Å². The predicted molar refractivity (Wildman–Crippen MR) is 132 cm³/mol. The summed E-state index contributed by atoms with van der Waals surface area (Å²) < 4.78 is 10.8. The van der Waals surface area contributed by atoms with Gasteiger partial charge in [-0.2, -0.15) is 0 Å². The number of pyridine rings is 1. The topological polar surface area (TPSA) is 74.9 Å². The zero-order valence-corrected chi connectivity index (χ0v) is 20.1. The van der Waals surface area contributed by atoms with Crippen molar-refractivity contribution in [2.45, 2.75) is 38.6 Å². The zero-order valence-electron chi connectivity index (χ0n) is 17.8. The van der Waals surface area contributed by atoms with Gasteiger partial charge in [0.15, 0.2) is 5.96 Å². The first-order valence-corrected chi connectivity index (χ1v) is 10.7. The second-order valence-corrected chi connectivity index (χ2v) is 7.13. The van der Waals surface area contributed by atoms with Gasteiger partial charge in [0.25, 0.3) is 0 Å². The molecule has 0 amide bonds. The molecular weight excluding hydrogens is 493 g/mol. The number of furan rings is 1. The first-order chi connectivity index (χ1) is 14.3. The van der Waals surface area contributed by atoms with Crippen LogP contribution in [0.3, 0.4) is 0 Å². The van der Waals surface area contributed by atoms with E-state index >= 15 is 0 Å². The molecule has 1 saturated heterocycles. The monoisotopic (exact) mass is 527 g/mol. The van der Waals surface area contributed by atoms with Crippen LogP contribution < -0.4 is 15.5 Å². The van der Waals surface area contributed by atoms with Crippen LogP contribution in [-0.2, 0) is 11.2 Å². The molecule has 0 aromatic carbocycles. The van der Waals surface area contributed by atoms with E-state index in [-0.39, 0.29) is 24.0 Å². The maximum Gasteiger partial charge on any atom is 0.191 e. The summed E-state index contributed by atoms with van der Waals surface area (Å²) >= 11 is 0. The summed E-state index contributed by atoms with van der Waals surface area (Å²) in [5.41, 5.74) is 0. The third-order valence-electron chi connectivity index (χ3n) is 4.97. The maximum absolute atomic E-state index is 5.42. The Kier molecular flexibility index (Phi) is 11.6.